The Morgan fingerprint density at radius 3 is 2.51 bits per heavy atom. The van der Waals surface area contributed by atoms with Gasteiger partial charge in [0.25, 0.3) is 11.3 Å². The molecule has 16 nitrogen and oxygen atoms in total. The van der Waals surface area contributed by atoms with Crippen molar-refractivity contribution in [3.8, 4) is 0 Å². The van der Waals surface area contributed by atoms with Crippen LogP contribution < -0.4 is 11.2 Å². The molecule has 37 heavy (non-hydrogen) atoms. The molecule has 0 aliphatic carbocycles. The van der Waals surface area contributed by atoms with Crippen molar-refractivity contribution in [2.24, 2.45) is 0 Å². The third-order valence-corrected chi connectivity index (χ3v) is 6.51. The van der Waals surface area contributed by atoms with Crippen molar-refractivity contribution in [3.63, 3.8) is 0 Å². The van der Waals surface area contributed by atoms with Gasteiger partial charge in [0.05, 0.1) is 19.3 Å². The van der Waals surface area contributed by atoms with Gasteiger partial charge >= 0.3 is 11.7 Å². The van der Waals surface area contributed by atoms with Gasteiger partial charge in [0.2, 0.25) is 0 Å². The van der Waals surface area contributed by atoms with E-state index in [0.717, 1.165) is 10.6 Å². The van der Waals surface area contributed by atoms with E-state index in [9.17, 15) is 39.9 Å². The lowest BCUT2D eigenvalue weighted by Crippen LogP contribution is -2.64. The summed E-state index contributed by atoms with van der Waals surface area (Å²) < 4.78 is 29.7. The van der Waals surface area contributed by atoms with Crippen LogP contribution in [0.4, 0.5) is 0 Å². The predicted octanol–water partition coefficient (Wildman–Crippen LogP) is -4.02. The second-order valence-electron chi connectivity index (χ2n) is 9.60. The summed E-state index contributed by atoms with van der Waals surface area (Å²) in [6.07, 6.45) is -12.5. The highest BCUT2D eigenvalue weighted by atomic mass is 16.8. The minimum atomic E-state index is -2.60. The summed E-state index contributed by atoms with van der Waals surface area (Å²) in [7, 11) is 0. The van der Waals surface area contributed by atoms with Crippen LogP contribution in [0.25, 0.3) is 0 Å². The number of carboxylic acids is 1. The maximum atomic E-state index is 12.4. The van der Waals surface area contributed by atoms with Crippen LogP contribution in [0.3, 0.4) is 0 Å². The number of fused-ring (bicyclic) bond motifs is 1. The number of nitrogens with one attached hydrogen (secondary N) is 1. The van der Waals surface area contributed by atoms with E-state index in [1.165, 1.54) is 6.20 Å². The smallest absolute Gasteiger partial charge is 0.364 e. The summed E-state index contributed by atoms with van der Waals surface area (Å²) in [4.78, 5) is 38.2. The van der Waals surface area contributed by atoms with Crippen LogP contribution in [-0.2, 0) is 28.5 Å². The molecule has 208 valence electrons. The van der Waals surface area contributed by atoms with Gasteiger partial charge in [-0.3, -0.25) is 14.3 Å². The maximum absolute atomic E-state index is 12.4. The first-order valence-corrected chi connectivity index (χ1v) is 11.5. The van der Waals surface area contributed by atoms with Crippen molar-refractivity contribution in [1.29, 1.82) is 0 Å². The summed E-state index contributed by atoms with van der Waals surface area (Å²) in [5.41, 5.74) is -1.40. The van der Waals surface area contributed by atoms with Crippen LogP contribution >= 0.6 is 0 Å². The van der Waals surface area contributed by atoms with Crippen molar-refractivity contribution in [2.75, 3.05) is 13.2 Å². The van der Waals surface area contributed by atoms with Crippen molar-refractivity contribution >= 4 is 5.97 Å². The van der Waals surface area contributed by atoms with E-state index >= 15 is 0 Å². The molecule has 0 bridgehead atoms. The summed E-state index contributed by atoms with van der Waals surface area (Å²) in [5, 5.41) is 59.6. The van der Waals surface area contributed by atoms with E-state index in [4.69, 9.17) is 28.8 Å². The Kier molecular flexibility index (Phi) is 7.61. The third-order valence-electron chi connectivity index (χ3n) is 6.51. The Balaban J connectivity index is 1.58. The zero-order valence-electron chi connectivity index (χ0n) is 19.9. The van der Waals surface area contributed by atoms with Gasteiger partial charge in [-0.05, 0) is 13.8 Å². The van der Waals surface area contributed by atoms with Gasteiger partial charge in [0.1, 0.15) is 42.7 Å². The fraction of sp³-hybridized carbons (Fsp3) is 0.762. The summed E-state index contributed by atoms with van der Waals surface area (Å²) in [5.74, 6) is -5.41. The first kappa shape index (κ1) is 27.8. The van der Waals surface area contributed by atoms with Crippen LogP contribution in [-0.4, -0.2) is 120 Å². The molecule has 0 saturated carbocycles. The first-order valence-electron chi connectivity index (χ1n) is 11.5. The predicted molar refractivity (Wildman–Crippen MR) is 116 cm³/mol. The van der Waals surface area contributed by atoms with E-state index in [-0.39, 0.29) is 0 Å². The molecule has 1 aromatic heterocycles. The van der Waals surface area contributed by atoms with Gasteiger partial charge in [-0.25, -0.2) is 9.59 Å². The van der Waals surface area contributed by atoms with Gasteiger partial charge in [-0.2, -0.15) is 0 Å². The fourth-order valence-corrected chi connectivity index (χ4v) is 4.71. The lowest BCUT2D eigenvalue weighted by Gasteiger charge is -2.44. The van der Waals surface area contributed by atoms with Gasteiger partial charge in [0, 0.05) is 18.7 Å². The molecule has 3 fully saturated rings. The van der Waals surface area contributed by atoms with Crippen LogP contribution in [0.1, 0.15) is 26.5 Å². The topological polar surface area (TPSA) is 239 Å². The molecular formula is C21H30N2O14. The highest BCUT2D eigenvalue weighted by Gasteiger charge is 2.59. The Morgan fingerprint density at radius 1 is 1.22 bits per heavy atom. The van der Waals surface area contributed by atoms with Gasteiger partial charge in [-0.1, -0.05) is 0 Å². The van der Waals surface area contributed by atoms with Crippen molar-refractivity contribution < 1.29 is 59.1 Å². The quantitative estimate of drug-likeness (QED) is 0.168. The number of hydrogen-bond donors (Lipinski definition) is 7. The van der Waals surface area contributed by atoms with Gasteiger partial charge in [-0.15, -0.1) is 0 Å². The second-order valence-corrected chi connectivity index (χ2v) is 9.60. The molecule has 4 heterocycles. The molecule has 0 radical (unpaired) electrons. The van der Waals surface area contributed by atoms with E-state index in [2.05, 4.69) is 4.98 Å². The van der Waals surface area contributed by atoms with Gasteiger partial charge in [0.15, 0.2) is 12.0 Å². The molecule has 3 saturated heterocycles. The van der Waals surface area contributed by atoms with E-state index in [1.807, 2.05) is 0 Å². The first-order chi connectivity index (χ1) is 17.3. The SMILES string of the molecule is CC1(C)O[C@@H]2[C@H](O1)[C@@H](CO[C@@]1(C(=O)O)C[C@H](O)[C@@H](O)[C@H]([C@@H](O)[C@H](O)CO)O1)O[C@H]2n1ccc(=O)[nH]c1=O. The Bertz CT molecular complexity index is 1110. The monoisotopic (exact) mass is 534 g/mol. The number of nitrogens with zero attached hydrogens (tertiary/aromatic N) is 1. The number of aliphatic carboxylic acids is 1. The van der Waals surface area contributed by atoms with Crippen molar-refractivity contribution in [3.05, 3.63) is 33.1 Å². The Hall–Kier alpha value is -2.25. The molecule has 3 aliphatic rings. The normalized spacial score (nSPS) is 38.7. The zero-order valence-corrected chi connectivity index (χ0v) is 19.9. The molecule has 3 aliphatic heterocycles. The summed E-state index contributed by atoms with van der Waals surface area (Å²) >= 11 is 0. The van der Waals surface area contributed by atoms with Crippen molar-refractivity contribution in [2.45, 2.75) is 86.9 Å². The minimum absolute atomic E-state index is 0.532. The number of ether oxygens (including phenoxy) is 5. The number of aromatic nitrogens is 2. The van der Waals surface area contributed by atoms with Crippen LogP contribution in [0.5, 0.6) is 0 Å². The number of aliphatic hydroxyl groups excluding tert-OH is 5. The molecule has 4 rings (SSSR count). The summed E-state index contributed by atoms with van der Waals surface area (Å²) in [6.45, 7) is 1.78. The van der Waals surface area contributed by atoms with Crippen LogP contribution in [0.15, 0.2) is 21.9 Å². The lowest BCUT2D eigenvalue weighted by molar-refractivity contribution is -0.332. The van der Waals surface area contributed by atoms with Crippen LogP contribution in [0, 0.1) is 0 Å². The average Bonchev–Trinajstić information content (AvgIpc) is 3.31. The van der Waals surface area contributed by atoms with Crippen molar-refractivity contribution in [1.82, 2.24) is 9.55 Å². The molecule has 1 aromatic rings. The average molecular weight is 534 g/mol. The fourth-order valence-electron chi connectivity index (χ4n) is 4.71. The molecule has 10 atom stereocenters. The molecular weight excluding hydrogens is 504 g/mol. The number of aromatic amines is 1. The third kappa shape index (κ3) is 5.22. The molecule has 16 heteroatoms. The Morgan fingerprint density at radius 2 is 1.89 bits per heavy atom. The number of carboxylic acid groups (broad SMARTS) is 1. The molecule has 0 spiro atoms. The van der Waals surface area contributed by atoms with E-state index in [0.29, 0.717) is 0 Å². The minimum Gasteiger partial charge on any atom is -0.477 e. The second kappa shape index (κ2) is 10.1. The highest BCUT2D eigenvalue weighted by molar-refractivity contribution is 5.76. The lowest BCUT2D eigenvalue weighted by atomic mass is 9.90. The maximum Gasteiger partial charge on any atom is 0.364 e. The molecule has 0 unspecified atom stereocenters. The number of hydrogen-bond acceptors (Lipinski definition) is 13. The number of carbonyl (C=O) groups is 1. The van der Waals surface area contributed by atoms with Crippen LogP contribution in [0.2, 0.25) is 0 Å². The molecule has 0 amide bonds. The zero-order chi connectivity index (χ0) is 27.3. The largest absolute Gasteiger partial charge is 0.477 e. The molecule has 7 N–H and O–H groups in total. The highest BCUT2D eigenvalue weighted by Crippen LogP contribution is 2.43. The Labute approximate surface area is 208 Å². The summed E-state index contributed by atoms with van der Waals surface area (Å²) in [6, 6.07) is 1.11. The molecule has 0 aromatic carbocycles. The van der Waals surface area contributed by atoms with Gasteiger partial charge < -0.3 is 54.3 Å². The van der Waals surface area contributed by atoms with E-state index < -0.39 is 103 Å². The number of H-pyrrole nitrogens is 1. The standard InChI is InChI=1S/C21H30N2O14/c1-20(2)35-14-10(34-17(16(14)36-20)23-4-3-11(27)22-19(23)32)7-33-21(18(30)31)5-8(25)12(28)15(37-21)13(29)9(26)6-24/h3-4,8-10,12-17,24-26,28-29H,5-7H2,1-2H3,(H,30,31)(H,22,27,32)/t8-,9+,10+,12+,13-,14+,15+,16+,17+,21-/m0/s1. The van der Waals surface area contributed by atoms with E-state index in [1.54, 1.807) is 13.8 Å². The number of aliphatic hydroxyl groups is 5. The number of rotatable bonds is 8.